The van der Waals surface area contributed by atoms with Crippen LogP contribution in [-0.4, -0.2) is 49.8 Å². The molecule has 0 bridgehead atoms. The molecule has 1 aromatic heterocycles. The highest BCUT2D eigenvalue weighted by molar-refractivity contribution is 7.89. The quantitative estimate of drug-likeness (QED) is 0.778. The number of hydrogen-bond acceptors (Lipinski definition) is 6. The molecule has 2 atom stereocenters. The summed E-state index contributed by atoms with van der Waals surface area (Å²) in [6, 6.07) is 9.78. The molecule has 3 rings (SSSR count). The third-order valence-electron chi connectivity index (χ3n) is 3.90. The Kier molecular flexibility index (Phi) is 5.50. The van der Waals surface area contributed by atoms with Gasteiger partial charge in [0, 0.05) is 18.7 Å². The predicted molar refractivity (Wildman–Crippen MR) is 91.6 cm³/mol. The first-order chi connectivity index (χ1) is 12.5. The van der Waals surface area contributed by atoms with Crippen molar-refractivity contribution in [1.82, 2.24) is 9.71 Å². The zero-order valence-corrected chi connectivity index (χ0v) is 14.6. The van der Waals surface area contributed by atoms with E-state index in [1.807, 2.05) is 0 Å². The molecule has 0 saturated carbocycles. The van der Waals surface area contributed by atoms with E-state index in [4.69, 9.17) is 14.6 Å². The maximum atomic E-state index is 12.6. The van der Waals surface area contributed by atoms with Crippen molar-refractivity contribution in [2.45, 2.75) is 23.5 Å². The fourth-order valence-corrected chi connectivity index (χ4v) is 3.90. The van der Waals surface area contributed by atoms with Crippen molar-refractivity contribution in [1.29, 1.82) is 0 Å². The molecular formula is C17H18N2O6S. The molecule has 0 spiro atoms. The van der Waals surface area contributed by atoms with Crippen molar-refractivity contribution in [3.05, 3.63) is 54.2 Å². The molecule has 2 N–H and O–H groups in total. The Morgan fingerprint density at radius 2 is 2.12 bits per heavy atom. The molecule has 2 heterocycles. The largest absolute Gasteiger partial charge is 0.478 e. The normalized spacial score (nSPS) is 20.5. The molecule has 1 aliphatic heterocycles. The number of carbonyl (C=O) groups is 1. The van der Waals surface area contributed by atoms with E-state index in [9.17, 15) is 13.2 Å². The maximum absolute atomic E-state index is 12.6. The summed E-state index contributed by atoms with van der Waals surface area (Å²) in [5.74, 6) is -0.795. The number of benzene rings is 1. The van der Waals surface area contributed by atoms with Crippen LogP contribution in [0.5, 0.6) is 5.88 Å². The van der Waals surface area contributed by atoms with E-state index in [1.54, 1.807) is 24.4 Å². The summed E-state index contributed by atoms with van der Waals surface area (Å²) in [5, 5.41) is 9.04. The monoisotopic (exact) mass is 378 g/mol. The average molecular weight is 378 g/mol. The van der Waals surface area contributed by atoms with Gasteiger partial charge in [-0.25, -0.2) is 22.9 Å². The summed E-state index contributed by atoms with van der Waals surface area (Å²) in [4.78, 5) is 15.0. The minimum Gasteiger partial charge on any atom is -0.478 e. The number of nitrogens with zero attached hydrogens (tertiary/aromatic N) is 1. The van der Waals surface area contributed by atoms with Crippen LogP contribution in [0, 0.1) is 0 Å². The van der Waals surface area contributed by atoms with Crippen molar-refractivity contribution in [2.24, 2.45) is 0 Å². The maximum Gasteiger partial charge on any atom is 0.335 e. The summed E-state index contributed by atoms with van der Waals surface area (Å²) in [6.45, 7) is 0.597. The van der Waals surface area contributed by atoms with E-state index < -0.39 is 28.1 Å². The molecule has 0 aliphatic carbocycles. The highest BCUT2D eigenvalue weighted by atomic mass is 32.2. The van der Waals surface area contributed by atoms with Gasteiger partial charge in [-0.05, 0) is 24.3 Å². The van der Waals surface area contributed by atoms with Crippen molar-refractivity contribution in [3.8, 4) is 5.88 Å². The summed E-state index contributed by atoms with van der Waals surface area (Å²) in [6.07, 6.45) is 1.64. The lowest BCUT2D eigenvalue weighted by Gasteiger charge is -2.31. The van der Waals surface area contributed by atoms with Crippen molar-refractivity contribution in [2.75, 3.05) is 13.2 Å². The van der Waals surface area contributed by atoms with Gasteiger partial charge in [0.2, 0.25) is 15.9 Å². The number of aromatic nitrogens is 1. The molecular weight excluding hydrogens is 360 g/mol. The summed E-state index contributed by atoms with van der Waals surface area (Å²) < 4.78 is 39.0. The van der Waals surface area contributed by atoms with Gasteiger partial charge in [0.15, 0.2) is 0 Å². The third-order valence-corrected chi connectivity index (χ3v) is 5.39. The number of sulfonamides is 1. The SMILES string of the molecule is O=C(O)c1cccc(S(=O)(=O)N[C@@H]2COCC[C@H]2Oc2ccccn2)c1. The van der Waals surface area contributed by atoms with E-state index in [0.29, 0.717) is 18.9 Å². The van der Waals surface area contributed by atoms with Crippen LogP contribution in [0.2, 0.25) is 0 Å². The molecule has 1 fully saturated rings. The van der Waals surface area contributed by atoms with Crippen molar-refractivity contribution >= 4 is 16.0 Å². The van der Waals surface area contributed by atoms with Crippen molar-refractivity contribution < 1.29 is 27.8 Å². The van der Waals surface area contributed by atoms with E-state index >= 15 is 0 Å². The van der Waals surface area contributed by atoms with E-state index in [1.165, 1.54) is 18.2 Å². The standard InChI is InChI=1S/C17H18N2O6S/c20-17(21)12-4-3-5-13(10-12)26(22,23)19-14-11-24-9-7-15(14)25-16-6-1-2-8-18-16/h1-6,8,10,14-15,19H,7,9,11H2,(H,20,21)/t14-,15-/m1/s1. The first-order valence-corrected chi connectivity index (χ1v) is 9.45. The van der Waals surface area contributed by atoms with Gasteiger partial charge in [-0.2, -0.15) is 0 Å². The van der Waals surface area contributed by atoms with E-state index in [2.05, 4.69) is 9.71 Å². The van der Waals surface area contributed by atoms with Gasteiger partial charge >= 0.3 is 5.97 Å². The van der Waals surface area contributed by atoms with Gasteiger partial charge in [0.1, 0.15) is 6.10 Å². The second kappa shape index (κ2) is 7.81. The number of ether oxygens (including phenoxy) is 2. The van der Waals surface area contributed by atoms with Gasteiger partial charge in [0.25, 0.3) is 0 Å². The minimum atomic E-state index is -3.93. The number of nitrogens with one attached hydrogen (secondary N) is 1. The molecule has 1 saturated heterocycles. The number of aromatic carboxylic acids is 1. The van der Waals surface area contributed by atoms with Crippen LogP contribution >= 0.6 is 0 Å². The molecule has 1 aromatic carbocycles. The van der Waals surface area contributed by atoms with Crippen LogP contribution in [0.25, 0.3) is 0 Å². The first kappa shape index (κ1) is 18.3. The van der Waals surface area contributed by atoms with Gasteiger partial charge in [-0.15, -0.1) is 0 Å². The van der Waals surface area contributed by atoms with Gasteiger partial charge in [0.05, 0.1) is 29.7 Å². The van der Waals surface area contributed by atoms with E-state index in [0.717, 1.165) is 6.07 Å². The third kappa shape index (κ3) is 4.37. The number of hydrogen-bond donors (Lipinski definition) is 2. The zero-order valence-electron chi connectivity index (χ0n) is 13.7. The highest BCUT2D eigenvalue weighted by Crippen LogP contribution is 2.19. The predicted octanol–water partition coefficient (Wildman–Crippen LogP) is 1.29. The van der Waals surface area contributed by atoms with Crippen LogP contribution in [0.4, 0.5) is 0 Å². The molecule has 9 heteroatoms. The van der Waals surface area contributed by atoms with Crippen LogP contribution in [0.1, 0.15) is 16.8 Å². The summed E-state index contributed by atoms with van der Waals surface area (Å²) >= 11 is 0. The lowest BCUT2D eigenvalue weighted by atomic mass is 10.1. The Balaban J connectivity index is 1.78. The first-order valence-electron chi connectivity index (χ1n) is 7.97. The zero-order chi connectivity index (χ0) is 18.6. The second-order valence-corrected chi connectivity index (χ2v) is 7.46. The van der Waals surface area contributed by atoms with Crippen molar-refractivity contribution in [3.63, 3.8) is 0 Å². The fourth-order valence-electron chi connectivity index (χ4n) is 2.60. The lowest BCUT2D eigenvalue weighted by Crippen LogP contribution is -2.51. The molecule has 0 amide bonds. The van der Waals surface area contributed by atoms with Crippen LogP contribution in [-0.2, 0) is 14.8 Å². The average Bonchev–Trinajstić information content (AvgIpc) is 2.64. The van der Waals surface area contributed by atoms with Crippen LogP contribution < -0.4 is 9.46 Å². The molecule has 1 aliphatic rings. The number of carboxylic acid groups (broad SMARTS) is 1. The Morgan fingerprint density at radius 1 is 1.27 bits per heavy atom. The molecule has 2 aromatic rings. The van der Waals surface area contributed by atoms with Gasteiger partial charge in [-0.3, -0.25) is 0 Å². The lowest BCUT2D eigenvalue weighted by molar-refractivity contribution is 0.00149. The fraction of sp³-hybridized carbons (Fsp3) is 0.294. The van der Waals surface area contributed by atoms with Crippen LogP contribution in [0.3, 0.4) is 0 Å². The Hall–Kier alpha value is -2.49. The number of carboxylic acids is 1. The summed E-state index contributed by atoms with van der Waals surface area (Å²) in [5.41, 5.74) is -0.103. The Labute approximate surface area is 150 Å². The minimum absolute atomic E-state index is 0.103. The van der Waals surface area contributed by atoms with Crippen LogP contribution in [0.15, 0.2) is 53.6 Å². The number of rotatable bonds is 6. The Morgan fingerprint density at radius 3 is 2.85 bits per heavy atom. The van der Waals surface area contributed by atoms with Gasteiger partial charge < -0.3 is 14.6 Å². The Bertz CT molecular complexity index is 872. The van der Waals surface area contributed by atoms with Gasteiger partial charge in [-0.1, -0.05) is 12.1 Å². The molecule has 138 valence electrons. The molecule has 8 nitrogen and oxygen atoms in total. The smallest absolute Gasteiger partial charge is 0.335 e. The molecule has 0 unspecified atom stereocenters. The number of pyridine rings is 1. The molecule has 26 heavy (non-hydrogen) atoms. The highest BCUT2D eigenvalue weighted by Gasteiger charge is 2.32. The van der Waals surface area contributed by atoms with E-state index in [-0.39, 0.29) is 17.1 Å². The topological polar surface area (TPSA) is 115 Å². The summed E-state index contributed by atoms with van der Waals surface area (Å²) in [7, 11) is -3.93. The molecule has 0 radical (unpaired) electrons. The second-order valence-electron chi connectivity index (χ2n) is 5.75.